The van der Waals surface area contributed by atoms with Gasteiger partial charge in [-0.25, -0.2) is 4.39 Å². The summed E-state index contributed by atoms with van der Waals surface area (Å²) in [6.07, 6.45) is 2.49. The van der Waals surface area contributed by atoms with E-state index >= 15 is 0 Å². The Morgan fingerprint density at radius 2 is 1.91 bits per heavy atom. The smallest absolute Gasteiger partial charge is 0.244 e. The molecule has 0 aromatic heterocycles. The van der Waals surface area contributed by atoms with Crippen molar-refractivity contribution in [3.05, 3.63) is 66.0 Å². The largest absolute Gasteiger partial charge is 0.486 e. The number of para-hydroxylation sites is 2. The predicted octanol–water partition coefficient (Wildman–Crippen LogP) is 2.80. The fourth-order valence-corrected chi connectivity index (χ4v) is 2.21. The fourth-order valence-electron chi connectivity index (χ4n) is 2.21. The first kappa shape index (κ1) is 15.1. The van der Waals surface area contributed by atoms with Crippen molar-refractivity contribution in [2.45, 2.75) is 6.10 Å². The van der Waals surface area contributed by atoms with Crippen LogP contribution in [0.2, 0.25) is 0 Å². The molecule has 5 heteroatoms. The normalized spacial score (nSPS) is 16.3. The van der Waals surface area contributed by atoms with E-state index in [1.54, 1.807) is 18.2 Å². The third-order valence-electron chi connectivity index (χ3n) is 3.39. The highest BCUT2D eigenvalue weighted by atomic mass is 19.1. The van der Waals surface area contributed by atoms with Gasteiger partial charge in [0.15, 0.2) is 11.5 Å². The standard InChI is InChI=1S/C18H16FNO3/c19-15-6-2-1-5-13(15)9-10-18(21)20-11-14-12-22-16-7-3-4-8-17(16)23-14/h1-10,14H,11-12H2,(H,20,21)/b10-9+/t14-/m0/s1. The zero-order valence-corrected chi connectivity index (χ0v) is 12.4. The van der Waals surface area contributed by atoms with E-state index in [0.29, 0.717) is 30.2 Å². The minimum atomic E-state index is -0.364. The summed E-state index contributed by atoms with van der Waals surface area (Å²) in [6.45, 7) is 0.684. The quantitative estimate of drug-likeness (QED) is 0.883. The van der Waals surface area contributed by atoms with Crippen LogP contribution in [0, 0.1) is 5.82 Å². The minimum Gasteiger partial charge on any atom is -0.486 e. The van der Waals surface area contributed by atoms with Crippen LogP contribution in [0.15, 0.2) is 54.6 Å². The predicted molar refractivity (Wildman–Crippen MR) is 84.8 cm³/mol. The molecule has 2 aromatic rings. The Morgan fingerprint density at radius 1 is 1.17 bits per heavy atom. The molecule has 0 unspecified atom stereocenters. The van der Waals surface area contributed by atoms with Gasteiger partial charge in [0.2, 0.25) is 5.91 Å². The molecule has 1 aliphatic heterocycles. The Bertz CT molecular complexity index is 730. The molecular formula is C18H16FNO3. The van der Waals surface area contributed by atoms with E-state index < -0.39 is 0 Å². The van der Waals surface area contributed by atoms with Gasteiger partial charge in [-0.2, -0.15) is 0 Å². The van der Waals surface area contributed by atoms with Gasteiger partial charge < -0.3 is 14.8 Å². The van der Waals surface area contributed by atoms with Crippen molar-refractivity contribution >= 4 is 12.0 Å². The number of rotatable bonds is 4. The van der Waals surface area contributed by atoms with Crippen molar-refractivity contribution in [2.75, 3.05) is 13.2 Å². The number of hydrogen-bond acceptors (Lipinski definition) is 3. The second-order valence-electron chi connectivity index (χ2n) is 5.10. The highest BCUT2D eigenvalue weighted by Crippen LogP contribution is 2.30. The van der Waals surface area contributed by atoms with Gasteiger partial charge in [-0.1, -0.05) is 30.3 Å². The van der Waals surface area contributed by atoms with Gasteiger partial charge in [0.05, 0.1) is 6.54 Å². The van der Waals surface area contributed by atoms with Crippen LogP contribution in [-0.2, 0) is 4.79 Å². The fraction of sp³-hybridized carbons (Fsp3) is 0.167. The summed E-state index contributed by atoms with van der Waals surface area (Å²) in [4.78, 5) is 11.8. The second-order valence-corrected chi connectivity index (χ2v) is 5.10. The van der Waals surface area contributed by atoms with E-state index in [-0.39, 0.29) is 17.8 Å². The summed E-state index contributed by atoms with van der Waals surface area (Å²) in [5.74, 6) is 0.697. The van der Waals surface area contributed by atoms with Crippen LogP contribution in [0.5, 0.6) is 11.5 Å². The number of halogens is 1. The molecule has 1 heterocycles. The lowest BCUT2D eigenvalue weighted by atomic mass is 10.2. The van der Waals surface area contributed by atoms with Crippen molar-refractivity contribution in [3.8, 4) is 11.5 Å². The average Bonchev–Trinajstić information content (AvgIpc) is 2.59. The third-order valence-corrected chi connectivity index (χ3v) is 3.39. The summed E-state index contributed by atoms with van der Waals surface area (Å²) >= 11 is 0. The number of ether oxygens (including phenoxy) is 2. The highest BCUT2D eigenvalue weighted by Gasteiger charge is 2.20. The van der Waals surface area contributed by atoms with E-state index in [0.717, 1.165) is 0 Å². The molecule has 23 heavy (non-hydrogen) atoms. The van der Waals surface area contributed by atoms with Gasteiger partial charge in [0.1, 0.15) is 18.5 Å². The molecular weight excluding hydrogens is 297 g/mol. The Labute approximate surface area is 133 Å². The molecule has 0 aliphatic carbocycles. The first-order chi connectivity index (χ1) is 11.2. The summed E-state index contributed by atoms with van der Waals surface area (Å²) in [6, 6.07) is 13.7. The van der Waals surface area contributed by atoms with E-state index in [1.165, 1.54) is 18.2 Å². The lowest BCUT2D eigenvalue weighted by Gasteiger charge is -2.26. The van der Waals surface area contributed by atoms with E-state index in [9.17, 15) is 9.18 Å². The van der Waals surface area contributed by atoms with Gasteiger partial charge in [-0.15, -0.1) is 0 Å². The molecule has 0 fully saturated rings. The van der Waals surface area contributed by atoms with Crippen LogP contribution in [0.25, 0.3) is 6.08 Å². The van der Waals surface area contributed by atoms with Gasteiger partial charge in [0.25, 0.3) is 0 Å². The van der Waals surface area contributed by atoms with Crippen LogP contribution in [0.1, 0.15) is 5.56 Å². The van der Waals surface area contributed by atoms with E-state index in [4.69, 9.17) is 9.47 Å². The number of carbonyl (C=O) groups is 1. The number of carbonyl (C=O) groups excluding carboxylic acids is 1. The van der Waals surface area contributed by atoms with Crippen LogP contribution in [0.4, 0.5) is 4.39 Å². The molecule has 1 amide bonds. The maximum atomic E-state index is 13.4. The second kappa shape index (κ2) is 6.96. The third kappa shape index (κ3) is 3.88. The molecule has 0 radical (unpaired) electrons. The zero-order chi connectivity index (χ0) is 16.1. The number of benzene rings is 2. The average molecular weight is 313 g/mol. The summed E-state index contributed by atoms with van der Waals surface area (Å²) < 4.78 is 24.7. The maximum absolute atomic E-state index is 13.4. The first-order valence-electron chi connectivity index (χ1n) is 7.31. The summed E-state index contributed by atoms with van der Waals surface area (Å²) in [5, 5.41) is 2.72. The van der Waals surface area contributed by atoms with Crippen molar-refractivity contribution < 1.29 is 18.7 Å². The van der Waals surface area contributed by atoms with Gasteiger partial charge in [-0.05, 0) is 24.3 Å². The van der Waals surface area contributed by atoms with Crippen LogP contribution in [-0.4, -0.2) is 25.2 Å². The maximum Gasteiger partial charge on any atom is 0.244 e. The molecule has 0 saturated carbocycles. The number of amides is 1. The Balaban J connectivity index is 1.51. The van der Waals surface area contributed by atoms with Crippen LogP contribution in [0.3, 0.4) is 0 Å². The molecule has 2 aromatic carbocycles. The van der Waals surface area contributed by atoms with Gasteiger partial charge >= 0.3 is 0 Å². The van der Waals surface area contributed by atoms with Crippen molar-refractivity contribution in [1.29, 1.82) is 0 Å². The minimum absolute atomic E-state index is 0.254. The zero-order valence-electron chi connectivity index (χ0n) is 12.4. The van der Waals surface area contributed by atoms with Crippen LogP contribution < -0.4 is 14.8 Å². The molecule has 0 spiro atoms. The highest BCUT2D eigenvalue weighted by molar-refractivity contribution is 5.91. The number of nitrogens with one attached hydrogen (secondary N) is 1. The van der Waals surface area contributed by atoms with Crippen molar-refractivity contribution in [2.24, 2.45) is 0 Å². The summed E-state index contributed by atoms with van der Waals surface area (Å²) in [5.41, 5.74) is 0.369. The van der Waals surface area contributed by atoms with Crippen molar-refractivity contribution in [3.63, 3.8) is 0 Å². The monoisotopic (exact) mass is 313 g/mol. The SMILES string of the molecule is O=C(/C=C/c1ccccc1F)NC[C@H]1COc2ccccc2O1. The Kier molecular flexibility index (Phi) is 4.57. The van der Waals surface area contributed by atoms with Gasteiger partial charge in [0, 0.05) is 11.6 Å². The van der Waals surface area contributed by atoms with Gasteiger partial charge in [-0.3, -0.25) is 4.79 Å². The Morgan fingerprint density at radius 3 is 2.74 bits per heavy atom. The lowest BCUT2D eigenvalue weighted by molar-refractivity contribution is -0.116. The van der Waals surface area contributed by atoms with E-state index in [2.05, 4.69) is 5.32 Å². The molecule has 1 N–H and O–H groups in total. The van der Waals surface area contributed by atoms with E-state index in [1.807, 2.05) is 24.3 Å². The Hall–Kier alpha value is -2.82. The molecule has 1 aliphatic rings. The molecule has 118 valence electrons. The van der Waals surface area contributed by atoms with Crippen LogP contribution >= 0.6 is 0 Å². The first-order valence-corrected chi connectivity index (χ1v) is 7.31. The topological polar surface area (TPSA) is 47.6 Å². The number of fused-ring (bicyclic) bond motifs is 1. The molecule has 1 atom stereocenters. The molecule has 0 bridgehead atoms. The molecule has 4 nitrogen and oxygen atoms in total. The van der Waals surface area contributed by atoms with Crippen molar-refractivity contribution in [1.82, 2.24) is 5.32 Å². The molecule has 0 saturated heterocycles. The summed E-state index contributed by atoms with van der Waals surface area (Å²) in [7, 11) is 0. The number of hydrogen-bond donors (Lipinski definition) is 1. The lowest BCUT2D eigenvalue weighted by Crippen LogP contribution is -2.40. The molecule has 3 rings (SSSR count).